The Balaban J connectivity index is 3.17. The average molecular weight is 256 g/mol. The van der Waals surface area contributed by atoms with Crippen molar-refractivity contribution in [2.24, 2.45) is 0 Å². The maximum atomic E-state index is 6.17. The van der Waals surface area contributed by atoms with Crippen LogP contribution >= 0.6 is 11.6 Å². The van der Waals surface area contributed by atoms with Gasteiger partial charge in [-0.1, -0.05) is 31.9 Å². The standard InChI is InChI=1S/C13H22ClN3/c1-6-8-10-11(14)15-9-16-12(10)17(5)13(3,4)7-2/h9H,6-8H2,1-5H3. The van der Waals surface area contributed by atoms with E-state index in [1.54, 1.807) is 6.33 Å². The van der Waals surface area contributed by atoms with Gasteiger partial charge in [-0.25, -0.2) is 9.97 Å². The van der Waals surface area contributed by atoms with Crippen LogP contribution in [0.1, 0.15) is 46.1 Å². The first-order chi connectivity index (χ1) is 7.94. The normalized spacial score (nSPS) is 11.6. The predicted octanol–water partition coefficient (Wildman–Crippen LogP) is 3.71. The van der Waals surface area contributed by atoms with E-state index in [1.807, 2.05) is 0 Å². The topological polar surface area (TPSA) is 29.0 Å². The number of halogens is 1. The summed E-state index contributed by atoms with van der Waals surface area (Å²) in [6.07, 6.45) is 4.55. The second-order valence-electron chi connectivity index (χ2n) is 4.94. The summed E-state index contributed by atoms with van der Waals surface area (Å²) in [5, 5.41) is 0.579. The van der Waals surface area contributed by atoms with Gasteiger partial charge in [0.05, 0.1) is 0 Å². The third-order valence-electron chi connectivity index (χ3n) is 3.46. The number of hydrogen-bond acceptors (Lipinski definition) is 3. The van der Waals surface area contributed by atoms with E-state index in [2.05, 4.69) is 49.6 Å². The van der Waals surface area contributed by atoms with Crippen molar-refractivity contribution in [1.29, 1.82) is 0 Å². The van der Waals surface area contributed by atoms with Gasteiger partial charge in [-0.3, -0.25) is 0 Å². The van der Waals surface area contributed by atoms with Crippen LogP contribution in [0.4, 0.5) is 5.82 Å². The predicted molar refractivity (Wildman–Crippen MR) is 73.8 cm³/mol. The molecule has 0 unspecified atom stereocenters. The number of hydrogen-bond donors (Lipinski definition) is 0. The highest BCUT2D eigenvalue weighted by Crippen LogP contribution is 2.29. The minimum atomic E-state index is 0.0696. The van der Waals surface area contributed by atoms with Crippen LogP contribution in [0.3, 0.4) is 0 Å². The van der Waals surface area contributed by atoms with Gasteiger partial charge in [0.25, 0.3) is 0 Å². The Morgan fingerprint density at radius 2 is 1.94 bits per heavy atom. The summed E-state index contributed by atoms with van der Waals surface area (Å²) in [4.78, 5) is 10.7. The number of anilines is 1. The quantitative estimate of drug-likeness (QED) is 0.751. The van der Waals surface area contributed by atoms with Crippen molar-refractivity contribution >= 4 is 17.4 Å². The van der Waals surface area contributed by atoms with Crippen LogP contribution in [0.2, 0.25) is 5.15 Å². The molecule has 0 bridgehead atoms. The van der Waals surface area contributed by atoms with E-state index < -0.39 is 0 Å². The highest BCUT2D eigenvalue weighted by molar-refractivity contribution is 6.30. The van der Waals surface area contributed by atoms with Gasteiger partial charge < -0.3 is 4.90 Å². The zero-order valence-corrected chi connectivity index (χ0v) is 12.2. The van der Waals surface area contributed by atoms with Gasteiger partial charge >= 0.3 is 0 Å². The lowest BCUT2D eigenvalue weighted by Gasteiger charge is -2.36. The zero-order valence-electron chi connectivity index (χ0n) is 11.4. The van der Waals surface area contributed by atoms with Gasteiger partial charge in [0, 0.05) is 18.2 Å². The lowest BCUT2D eigenvalue weighted by molar-refractivity contribution is 0.465. The molecule has 1 aromatic rings. The fraction of sp³-hybridized carbons (Fsp3) is 0.692. The SMILES string of the molecule is CCCc1c(Cl)ncnc1N(C)C(C)(C)CC. The van der Waals surface area contributed by atoms with Crippen LogP contribution in [0, 0.1) is 0 Å². The third kappa shape index (κ3) is 3.09. The summed E-state index contributed by atoms with van der Waals surface area (Å²) >= 11 is 6.17. The minimum Gasteiger partial charge on any atom is -0.354 e. The van der Waals surface area contributed by atoms with Crippen LogP contribution < -0.4 is 4.90 Å². The van der Waals surface area contributed by atoms with Crippen molar-refractivity contribution in [1.82, 2.24) is 9.97 Å². The molecule has 1 aromatic heterocycles. The molecule has 0 fully saturated rings. The zero-order chi connectivity index (χ0) is 13.1. The maximum Gasteiger partial charge on any atom is 0.137 e. The Hall–Kier alpha value is -0.830. The molecule has 1 rings (SSSR count). The van der Waals surface area contributed by atoms with Crippen molar-refractivity contribution in [2.45, 2.75) is 52.5 Å². The molecule has 17 heavy (non-hydrogen) atoms. The van der Waals surface area contributed by atoms with E-state index in [-0.39, 0.29) is 5.54 Å². The summed E-state index contributed by atoms with van der Waals surface area (Å²) in [6, 6.07) is 0. The Labute approximate surface area is 109 Å². The van der Waals surface area contributed by atoms with Crippen LogP contribution in [-0.4, -0.2) is 22.6 Å². The van der Waals surface area contributed by atoms with Crippen LogP contribution in [0.15, 0.2) is 6.33 Å². The lowest BCUT2D eigenvalue weighted by Crippen LogP contribution is -2.41. The van der Waals surface area contributed by atoms with Crippen LogP contribution in [-0.2, 0) is 6.42 Å². The van der Waals surface area contributed by atoms with E-state index in [1.165, 1.54) is 0 Å². The lowest BCUT2D eigenvalue weighted by atomic mass is 9.99. The Morgan fingerprint density at radius 3 is 2.47 bits per heavy atom. The van der Waals surface area contributed by atoms with Crippen molar-refractivity contribution in [3.63, 3.8) is 0 Å². The van der Waals surface area contributed by atoms with E-state index in [0.717, 1.165) is 30.6 Å². The van der Waals surface area contributed by atoms with E-state index in [0.29, 0.717) is 5.15 Å². The molecule has 0 aliphatic rings. The summed E-state index contributed by atoms with van der Waals surface area (Å²) < 4.78 is 0. The van der Waals surface area contributed by atoms with Gasteiger partial charge in [0.2, 0.25) is 0 Å². The molecular weight excluding hydrogens is 234 g/mol. The fourth-order valence-electron chi connectivity index (χ4n) is 1.66. The second kappa shape index (κ2) is 5.67. The molecule has 0 aromatic carbocycles. The maximum absolute atomic E-state index is 6.17. The molecule has 0 saturated carbocycles. The van der Waals surface area contributed by atoms with E-state index >= 15 is 0 Å². The van der Waals surface area contributed by atoms with Gasteiger partial charge in [0.15, 0.2) is 0 Å². The molecular formula is C13H22ClN3. The monoisotopic (exact) mass is 255 g/mol. The molecule has 0 radical (unpaired) electrons. The molecule has 96 valence electrons. The van der Waals surface area contributed by atoms with Crippen molar-refractivity contribution in [3.8, 4) is 0 Å². The highest BCUT2D eigenvalue weighted by Gasteiger charge is 2.25. The molecule has 0 spiro atoms. The van der Waals surface area contributed by atoms with E-state index in [4.69, 9.17) is 11.6 Å². The summed E-state index contributed by atoms with van der Waals surface area (Å²) in [6.45, 7) is 8.73. The Morgan fingerprint density at radius 1 is 1.29 bits per heavy atom. The molecule has 4 heteroatoms. The van der Waals surface area contributed by atoms with Gasteiger partial charge in [-0.2, -0.15) is 0 Å². The number of rotatable bonds is 5. The van der Waals surface area contributed by atoms with Gasteiger partial charge in [-0.15, -0.1) is 0 Å². The highest BCUT2D eigenvalue weighted by atomic mass is 35.5. The largest absolute Gasteiger partial charge is 0.354 e. The van der Waals surface area contributed by atoms with E-state index in [9.17, 15) is 0 Å². The number of aromatic nitrogens is 2. The summed E-state index contributed by atoms with van der Waals surface area (Å²) in [5.41, 5.74) is 1.13. The first kappa shape index (κ1) is 14.2. The third-order valence-corrected chi connectivity index (χ3v) is 3.79. The second-order valence-corrected chi connectivity index (χ2v) is 5.30. The van der Waals surface area contributed by atoms with Crippen molar-refractivity contribution in [3.05, 3.63) is 17.0 Å². The summed E-state index contributed by atoms with van der Waals surface area (Å²) in [5.74, 6) is 0.957. The Kier molecular flexibility index (Phi) is 4.75. The molecule has 3 nitrogen and oxygen atoms in total. The number of nitrogens with zero attached hydrogens (tertiary/aromatic N) is 3. The molecule has 1 heterocycles. The molecule has 0 atom stereocenters. The average Bonchev–Trinajstić information content (AvgIpc) is 2.31. The van der Waals surface area contributed by atoms with Gasteiger partial charge in [-0.05, 0) is 26.7 Å². The first-order valence-electron chi connectivity index (χ1n) is 6.17. The molecule has 0 saturated heterocycles. The van der Waals surface area contributed by atoms with Crippen LogP contribution in [0.25, 0.3) is 0 Å². The molecule has 0 amide bonds. The fourth-order valence-corrected chi connectivity index (χ4v) is 1.88. The van der Waals surface area contributed by atoms with Crippen LogP contribution in [0.5, 0.6) is 0 Å². The van der Waals surface area contributed by atoms with Crippen molar-refractivity contribution in [2.75, 3.05) is 11.9 Å². The molecule has 0 N–H and O–H groups in total. The smallest absolute Gasteiger partial charge is 0.137 e. The summed E-state index contributed by atoms with van der Waals surface area (Å²) in [7, 11) is 2.07. The first-order valence-corrected chi connectivity index (χ1v) is 6.55. The molecule has 0 aliphatic carbocycles. The molecule has 0 aliphatic heterocycles. The Bertz CT molecular complexity index is 377. The van der Waals surface area contributed by atoms with Gasteiger partial charge in [0.1, 0.15) is 17.3 Å². The minimum absolute atomic E-state index is 0.0696. The van der Waals surface area contributed by atoms with Crippen molar-refractivity contribution < 1.29 is 0 Å².